The molecule has 1 aromatic heterocycles. The first-order valence-corrected chi connectivity index (χ1v) is 8.77. The second-order valence-corrected chi connectivity index (χ2v) is 6.89. The Morgan fingerprint density at radius 3 is 2.54 bits per heavy atom. The summed E-state index contributed by atoms with van der Waals surface area (Å²) in [5, 5.41) is 6.63. The van der Waals surface area contributed by atoms with Crippen LogP contribution in [0.25, 0.3) is 0 Å². The Morgan fingerprint density at radius 1 is 1.29 bits per heavy atom. The van der Waals surface area contributed by atoms with Gasteiger partial charge in [0.25, 0.3) is 0 Å². The summed E-state index contributed by atoms with van der Waals surface area (Å²) in [6.45, 7) is 12.0. The molecular weight excluding hydrogens is 302 g/mol. The van der Waals surface area contributed by atoms with E-state index in [1.807, 2.05) is 6.20 Å². The zero-order valence-electron chi connectivity index (χ0n) is 15.5. The number of hydrogen-bond acceptors (Lipinski definition) is 4. The first-order valence-electron chi connectivity index (χ1n) is 8.77. The lowest BCUT2D eigenvalue weighted by atomic mass is 10.2. The van der Waals surface area contributed by atoms with Crippen molar-refractivity contribution < 1.29 is 4.74 Å². The van der Waals surface area contributed by atoms with Gasteiger partial charge in [-0.25, -0.2) is 4.98 Å². The molecule has 0 saturated carbocycles. The van der Waals surface area contributed by atoms with Crippen molar-refractivity contribution in [1.29, 1.82) is 0 Å². The van der Waals surface area contributed by atoms with Crippen molar-refractivity contribution in [3.05, 3.63) is 23.9 Å². The molecule has 1 aliphatic rings. The normalized spacial score (nSPS) is 21.9. The molecule has 6 nitrogen and oxygen atoms in total. The minimum atomic E-state index is 0.243. The summed E-state index contributed by atoms with van der Waals surface area (Å²) in [5.41, 5.74) is 1.14. The number of rotatable bonds is 5. The molecule has 1 aliphatic heterocycles. The van der Waals surface area contributed by atoms with Gasteiger partial charge in [0.05, 0.1) is 12.2 Å². The molecule has 0 bridgehead atoms. The molecule has 2 rings (SSSR count). The van der Waals surface area contributed by atoms with Gasteiger partial charge < -0.3 is 20.3 Å². The molecule has 0 amide bonds. The molecule has 6 heteroatoms. The van der Waals surface area contributed by atoms with Crippen molar-refractivity contribution in [2.45, 2.75) is 46.4 Å². The van der Waals surface area contributed by atoms with Crippen LogP contribution in [0, 0.1) is 5.92 Å². The van der Waals surface area contributed by atoms with Crippen LogP contribution in [-0.4, -0.2) is 49.8 Å². The van der Waals surface area contributed by atoms with Gasteiger partial charge in [-0.3, -0.25) is 4.99 Å². The Bertz CT molecular complexity index is 519. The Labute approximate surface area is 145 Å². The van der Waals surface area contributed by atoms with E-state index in [1.54, 1.807) is 7.05 Å². The first-order chi connectivity index (χ1) is 11.5. The Morgan fingerprint density at radius 2 is 2.00 bits per heavy atom. The molecular formula is C18H31N5O. The van der Waals surface area contributed by atoms with Crippen LogP contribution in [0.15, 0.2) is 23.3 Å². The lowest BCUT2D eigenvalue weighted by Gasteiger charge is -2.36. The molecule has 2 heterocycles. The second-order valence-electron chi connectivity index (χ2n) is 6.89. The Kier molecular flexibility index (Phi) is 6.85. The van der Waals surface area contributed by atoms with Crippen LogP contribution < -0.4 is 15.5 Å². The summed E-state index contributed by atoms with van der Waals surface area (Å²) < 4.78 is 5.78. The summed E-state index contributed by atoms with van der Waals surface area (Å²) >= 11 is 0. The molecule has 0 aliphatic carbocycles. The van der Waals surface area contributed by atoms with Crippen LogP contribution in [0.1, 0.15) is 33.3 Å². The summed E-state index contributed by atoms with van der Waals surface area (Å²) in [6.07, 6.45) is 2.42. The van der Waals surface area contributed by atoms with Crippen molar-refractivity contribution in [3.8, 4) is 0 Å². The van der Waals surface area contributed by atoms with E-state index in [0.717, 1.165) is 37.0 Å². The van der Waals surface area contributed by atoms with E-state index in [1.165, 1.54) is 0 Å². The fourth-order valence-electron chi connectivity index (χ4n) is 2.78. The largest absolute Gasteiger partial charge is 0.372 e. The number of guanidine groups is 1. The van der Waals surface area contributed by atoms with Crippen LogP contribution in [0.3, 0.4) is 0 Å². The maximum absolute atomic E-state index is 5.78. The fourth-order valence-corrected chi connectivity index (χ4v) is 2.78. The van der Waals surface area contributed by atoms with Crippen molar-refractivity contribution in [2.75, 3.05) is 31.6 Å². The van der Waals surface area contributed by atoms with Gasteiger partial charge in [-0.05, 0) is 31.4 Å². The van der Waals surface area contributed by atoms with Gasteiger partial charge in [-0.1, -0.05) is 19.9 Å². The van der Waals surface area contributed by atoms with Crippen molar-refractivity contribution >= 4 is 11.8 Å². The summed E-state index contributed by atoms with van der Waals surface area (Å²) in [5.74, 6) is 2.43. The zero-order chi connectivity index (χ0) is 17.5. The highest BCUT2D eigenvalue weighted by Crippen LogP contribution is 2.18. The van der Waals surface area contributed by atoms with Crippen LogP contribution in [-0.2, 0) is 11.3 Å². The molecule has 24 heavy (non-hydrogen) atoms. The third-order valence-corrected chi connectivity index (χ3v) is 3.91. The zero-order valence-corrected chi connectivity index (χ0v) is 15.5. The van der Waals surface area contributed by atoms with Gasteiger partial charge in [-0.15, -0.1) is 0 Å². The number of nitrogens with one attached hydrogen (secondary N) is 2. The number of aliphatic imine (C=N–C) groups is 1. The molecule has 0 radical (unpaired) electrons. The van der Waals surface area contributed by atoms with E-state index in [4.69, 9.17) is 4.74 Å². The van der Waals surface area contributed by atoms with E-state index in [9.17, 15) is 0 Å². The highest BCUT2D eigenvalue weighted by molar-refractivity contribution is 5.79. The van der Waals surface area contributed by atoms with Gasteiger partial charge in [-0.2, -0.15) is 0 Å². The van der Waals surface area contributed by atoms with Crippen LogP contribution >= 0.6 is 0 Å². The van der Waals surface area contributed by atoms with Crippen LogP contribution in [0.2, 0.25) is 0 Å². The lowest BCUT2D eigenvalue weighted by Crippen LogP contribution is -2.45. The van der Waals surface area contributed by atoms with E-state index < -0.39 is 0 Å². The van der Waals surface area contributed by atoms with E-state index >= 15 is 0 Å². The number of nitrogens with zero attached hydrogens (tertiary/aromatic N) is 3. The summed E-state index contributed by atoms with van der Waals surface area (Å²) in [7, 11) is 1.79. The van der Waals surface area contributed by atoms with Gasteiger partial charge in [0, 0.05) is 39.4 Å². The molecule has 1 aromatic rings. The molecule has 1 fully saturated rings. The van der Waals surface area contributed by atoms with Gasteiger partial charge in [0.2, 0.25) is 0 Å². The smallest absolute Gasteiger partial charge is 0.191 e. The fraction of sp³-hybridized carbons (Fsp3) is 0.667. The number of morpholine rings is 1. The predicted molar refractivity (Wildman–Crippen MR) is 99.5 cm³/mol. The van der Waals surface area contributed by atoms with E-state index in [2.05, 4.69) is 65.3 Å². The van der Waals surface area contributed by atoms with Gasteiger partial charge in [0.1, 0.15) is 5.82 Å². The average molecular weight is 333 g/mol. The van der Waals surface area contributed by atoms with Crippen molar-refractivity contribution in [3.63, 3.8) is 0 Å². The topological polar surface area (TPSA) is 61.8 Å². The Balaban J connectivity index is 1.87. The summed E-state index contributed by atoms with van der Waals surface area (Å²) in [4.78, 5) is 11.1. The lowest BCUT2D eigenvalue weighted by molar-refractivity contribution is -0.00545. The van der Waals surface area contributed by atoms with Gasteiger partial charge in [0.15, 0.2) is 5.96 Å². The van der Waals surface area contributed by atoms with Crippen molar-refractivity contribution in [1.82, 2.24) is 15.6 Å². The maximum atomic E-state index is 5.78. The Hall–Kier alpha value is -1.82. The van der Waals surface area contributed by atoms with E-state index in [0.29, 0.717) is 12.5 Å². The SMILES string of the molecule is CN=C(NCc1ccc(N2CC(C)OC(C)C2)nc1)NCC(C)C. The molecule has 2 N–H and O–H groups in total. The second kappa shape index (κ2) is 8.87. The minimum Gasteiger partial charge on any atom is -0.372 e. The maximum Gasteiger partial charge on any atom is 0.191 e. The molecule has 0 aromatic carbocycles. The number of aromatic nitrogens is 1. The van der Waals surface area contributed by atoms with Gasteiger partial charge >= 0.3 is 0 Å². The number of anilines is 1. The average Bonchev–Trinajstić information content (AvgIpc) is 2.54. The quantitative estimate of drug-likeness (QED) is 0.638. The number of pyridine rings is 1. The number of hydrogen-bond donors (Lipinski definition) is 2. The molecule has 2 atom stereocenters. The van der Waals surface area contributed by atoms with E-state index in [-0.39, 0.29) is 12.2 Å². The number of ether oxygens (including phenoxy) is 1. The third kappa shape index (κ3) is 5.67. The predicted octanol–water partition coefficient (Wildman–Crippen LogP) is 2.02. The molecule has 1 saturated heterocycles. The first kappa shape index (κ1) is 18.5. The highest BCUT2D eigenvalue weighted by Gasteiger charge is 2.22. The van der Waals surface area contributed by atoms with Crippen molar-refractivity contribution in [2.24, 2.45) is 10.9 Å². The minimum absolute atomic E-state index is 0.243. The molecule has 0 spiro atoms. The standard InChI is InChI=1S/C18H31N5O/c1-13(2)8-21-18(19-5)22-10-16-6-7-17(20-9-16)23-11-14(3)24-15(4)12-23/h6-7,9,13-15H,8,10-12H2,1-5H3,(H2,19,21,22). The third-order valence-electron chi connectivity index (χ3n) is 3.91. The highest BCUT2D eigenvalue weighted by atomic mass is 16.5. The monoisotopic (exact) mass is 333 g/mol. The summed E-state index contributed by atoms with van der Waals surface area (Å²) in [6, 6.07) is 4.21. The molecule has 2 unspecified atom stereocenters. The van der Waals surface area contributed by atoms with Crippen LogP contribution in [0.4, 0.5) is 5.82 Å². The van der Waals surface area contributed by atoms with Crippen LogP contribution in [0.5, 0.6) is 0 Å². The molecule has 134 valence electrons.